The minimum Gasteiger partial charge on any atom is -0.369 e. The summed E-state index contributed by atoms with van der Waals surface area (Å²) in [6.45, 7) is 4.39. The summed E-state index contributed by atoms with van der Waals surface area (Å²) >= 11 is 7.58. The number of aromatic amines is 1. The lowest BCUT2D eigenvalue weighted by molar-refractivity contribution is -0.120. The van der Waals surface area contributed by atoms with E-state index in [-0.39, 0.29) is 18.2 Å². The van der Waals surface area contributed by atoms with E-state index in [9.17, 15) is 9.59 Å². The fraction of sp³-hybridized carbons (Fsp3) is 0.269. The summed E-state index contributed by atoms with van der Waals surface area (Å²) < 4.78 is 0. The highest BCUT2D eigenvalue weighted by Crippen LogP contribution is 2.30. The molecule has 1 aliphatic rings. The summed E-state index contributed by atoms with van der Waals surface area (Å²) in [6, 6.07) is 17.0. The average molecular weight is 523 g/mol. The molecule has 3 N–H and O–H groups in total. The number of amides is 2. The van der Waals surface area contributed by atoms with Crippen LogP contribution in [0.15, 0.2) is 54.6 Å². The molecule has 10 heteroatoms. The Kier molecular flexibility index (Phi) is 7.22. The van der Waals surface area contributed by atoms with Crippen molar-refractivity contribution in [3.05, 3.63) is 75.6 Å². The molecule has 2 amide bonds. The van der Waals surface area contributed by atoms with E-state index in [1.54, 1.807) is 6.07 Å². The summed E-state index contributed by atoms with van der Waals surface area (Å²) in [5.41, 5.74) is 2.57. The first-order chi connectivity index (χ1) is 17.5. The Labute approximate surface area is 218 Å². The lowest BCUT2D eigenvalue weighted by Gasteiger charge is -2.34. The van der Waals surface area contributed by atoms with Crippen molar-refractivity contribution in [1.29, 1.82) is 0 Å². The standard InChI is InChI=1S/C26H27ClN6O2S/c1-32-10-12-33(13-11-32)19-8-6-17(7-9-19)25(35)29-24-21-14-20(36-26(21)31-30-24)15-23(34)28-16-18-4-2-3-5-22(18)27/h2-9,14H,10-13,15-16H2,1H3,(H,28,34)(H2,29,30,31,35). The molecule has 0 aliphatic carbocycles. The second-order valence-corrected chi connectivity index (χ2v) is 10.4. The number of halogens is 1. The number of anilines is 2. The van der Waals surface area contributed by atoms with Crippen molar-refractivity contribution in [2.24, 2.45) is 0 Å². The largest absolute Gasteiger partial charge is 0.369 e. The summed E-state index contributed by atoms with van der Waals surface area (Å²) in [6.07, 6.45) is 0.229. The second-order valence-electron chi connectivity index (χ2n) is 8.87. The highest BCUT2D eigenvalue weighted by atomic mass is 35.5. The van der Waals surface area contributed by atoms with E-state index in [1.807, 2.05) is 48.5 Å². The van der Waals surface area contributed by atoms with Crippen LogP contribution in [0.4, 0.5) is 11.5 Å². The Morgan fingerprint density at radius 2 is 1.83 bits per heavy atom. The van der Waals surface area contributed by atoms with E-state index >= 15 is 0 Å². The van der Waals surface area contributed by atoms with Crippen molar-refractivity contribution in [2.75, 3.05) is 43.4 Å². The van der Waals surface area contributed by atoms with E-state index in [2.05, 4.69) is 37.7 Å². The van der Waals surface area contributed by atoms with Gasteiger partial charge < -0.3 is 20.4 Å². The Hall–Kier alpha value is -3.40. The first-order valence-electron chi connectivity index (χ1n) is 11.8. The average Bonchev–Trinajstić information content (AvgIpc) is 3.45. The van der Waals surface area contributed by atoms with Gasteiger partial charge in [-0.2, -0.15) is 5.10 Å². The SMILES string of the molecule is CN1CCN(c2ccc(C(=O)Nc3[nH]nc4sc(CC(=O)NCc5ccccc5Cl)cc34)cc2)CC1. The van der Waals surface area contributed by atoms with Crippen LogP contribution in [-0.2, 0) is 17.8 Å². The summed E-state index contributed by atoms with van der Waals surface area (Å²) in [5, 5.41) is 14.4. The van der Waals surface area contributed by atoms with Gasteiger partial charge in [-0.15, -0.1) is 11.3 Å². The highest BCUT2D eigenvalue weighted by Gasteiger charge is 2.17. The summed E-state index contributed by atoms with van der Waals surface area (Å²) in [7, 11) is 2.13. The first kappa shape index (κ1) is 24.3. The number of rotatable bonds is 7. The number of aromatic nitrogens is 2. The summed E-state index contributed by atoms with van der Waals surface area (Å²) in [5.74, 6) is 0.210. The first-order valence-corrected chi connectivity index (χ1v) is 13.0. The predicted octanol–water partition coefficient (Wildman–Crippen LogP) is 4.14. The zero-order valence-corrected chi connectivity index (χ0v) is 21.5. The third-order valence-corrected chi connectivity index (χ3v) is 7.70. The molecule has 0 unspecified atom stereocenters. The molecule has 0 bridgehead atoms. The van der Waals surface area contributed by atoms with Crippen LogP contribution in [0.3, 0.4) is 0 Å². The number of carbonyl (C=O) groups is 2. The maximum absolute atomic E-state index is 12.9. The van der Waals surface area contributed by atoms with E-state index in [0.29, 0.717) is 22.9 Å². The number of nitrogens with zero attached hydrogens (tertiary/aromatic N) is 3. The molecular weight excluding hydrogens is 496 g/mol. The molecule has 2 aromatic heterocycles. The van der Waals surface area contributed by atoms with Crippen molar-refractivity contribution >= 4 is 56.5 Å². The van der Waals surface area contributed by atoms with Gasteiger partial charge in [0, 0.05) is 53.9 Å². The Morgan fingerprint density at radius 3 is 2.58 bits per heavy atom. The van der Waals surface area contributed by atoms with Crippen LogP contribution in [0.25, 0.3) is 10.2 Å². The molecular formula is C26H27ClN6O2S. The number of likely N-dealkylation sites (N-methyl/N-ethyl adjacent to an activating group) is 1. The van der Waals surface area contributed by atoms with E-state index in [4.69, 9.17) is 11.6 Å². The molecule has 186 valence electrons. The van der Waals surface area contributed by atoms with Gasteiger partial charge in [-0.1, -0.05) is 29.8 Å². The number of nitrogens with one attached hydrogen (secondary N) is 3. The number of piperazine rings is 1. The number of hydrogen-bond donors (Lipinski definition) is 3. The van der Waals surface area contributed by atoms with Crippen LogP contribution in [0.5, 0.6) is 0 Å². The molecule has 4 aromatic rings. The van der Waals surface area contributed by atoms with Gasteiger partial charge in [-0.3, -0.25) is 14.7 Å². The van der Waals surface area contributed by atoms with E-state index < -0.39 is 0 Å². The molecule has 5 rings (SSSR count). The van der Waals surface area contributed by atoms with Crippen LogP contribution in [-0.4, -0.2) is 60.1 Å². The Bertz CT molecular complexity index is 1370. The molecule has 2 aromatic carbocycles. The number of hydrogen-bond acceptors (Lipinski definition) is 6. The van der Waals surface area contributed by atoms with Gasteiger partial charge in [0.1, 0.15) is 10.6 Å². The second kappa shape index (κ2) is 10.7. The monoisotopic (exact) mass is 522 g/mol. The molecule has 1 saturated heterocycles. The lowest BCUT2D eigenvalue weighted by Crippen LogP contribution is -2.44. The van der Waals surface area contributed by atoms with Gasteiger partial charge >= 0.3 is 0 Å². The van der Waals surface area contributed by atoms with Gasteiger partial charge in [0.15, 0.2) is 0 Å². The number of benzene rings is 2. The number of fused-ring (bicyclic) bond motifs is 1. The van der Waals surface area contributed by atoms with Gasteiger partial charge in [0.2, 0.25) is 5.91 Å². The van der Waals surface area contributed by atoms with E-state index in [0.717, 1.165) is 52.5 Å². The fourth-order valence-electron chi connectivity index (χ4n) is 4.17. The van der Waals surface area contributed by atoms with Crippen molar-refractivity contribution in [1.82, 2.24) is 20.4 Å². The maximum atomic E-state index is 12.9. The molecule has 1 aliphatic heterocycles. The molecule has 0 radical (unpaired) electrons. The maximum Gasteiger partial charge on any atom is 0.256 e. The minimum absolute atomic E-state index is 0.103. The third-order valence-electron chi connectivity index (χ3n) is 6.31. The molecule has 36 heavy (non-hydrogen) atoms. The topological polar surface area (TPSA) is 93.4 Å². The van der Waals surface area contributed by atoms with Crippen molar-refractivity contribution in [3.63, 3.8) is 0 Å². The Balaban J connectivity index is 1.19. The van der Waals surface area contributed by atoms with Crippen molar-refractivity contribution in [3.8, 4) is 0 Å². The van der Waals surface area contributed by atoms with Crippen LogP contribution in [0.1, 0.15) is 20.8 Å². The molecule has 0 atom stereocenters. The smallest absolute Gasteiger partial charge is 0.256 e. The number of H-pyrrole nitrogens is 1. The van der Waals surface area contributed by atoms with E-state index in [1.165, 1.54) is 11.3 Å². The molecule has 8 nitrogen and oxygen atoms in total. The lowest BCUT2D eigenvalue weighted by atomic mass is 10.1. The molecule has 1 fully saturated rings. The van der Waals surface area contributed by atoms with Gasteiger partial charge in [0.05, 0.1) is 11.8 Å². The molecule has 3 heterocycles. The van der Waals surface area contributed by atoms with Crippen molar-refractivity contribution < 1.29 is 9.59 Å². The van der Waals surface area contributed by atoms with Crippen LogP contribution < -0.4 is 15.5 Å². The summed E-state index contributed by atoms with van der Waals surface area (Å²) in [4.78, 5) is 31.6. The predicted molar refractivity (Wildman–Crippen MR) is 145 cm³/mol. The van der Waals surface area contributed by atoms with Crippen LogP contribution in [0.2, 0.25) is 5.02 Å². The quantitative estimate of drug-likeness (QED) is 0.339. The zero-order valence-electron chi connectivity index (χ0n) is 19.9. The van der Waals surface area contributed by atoms with Gasteiger partial charge in [-0.05, 0) is 49.0 Å². The van der Waals surface area contributed by atoms with Gasteiger partial charge in [0.25, 0.3) is 5.91 Å². The number of thiophene rings is 1. The van der Waals surface area contributed by atoms with Crippen LogP contribution >= 0.6 is 22.9 Å². The van der Waals surface area contributed by atoms with Crippen molar-refractivity contribution in [2.45, 2.75) is 13.0 Å². The molecule has 0 saturated carbocycles. The normalized spacial score (nSPS) is 14.2. The minimum atomic E-state index is -0.212. The number of carbonyl (C=O) groups excluding carboxylic acids is 2. The highest BCUT2D eigenvalue weighted by molar-refractivity contribution is 7.18. The van der Waals surface area contributed by atoms with Gasteiger partial charge in [-0.25, -0.2) is 0 Å². The Morgan fingerprint density at radius 1 is 1.08 bits per heavy atom. The third kappa shape index (κ3) is 5.53. The van der Waals surface area contributed by atoms with Crippen LogP contribution in [0, 0.1) is 0 Å². The fourth-order valence-corrected chi connectivity index (χ4v) is 5.37. The molecule has 0 spiro atoms. The zero-order chi connectivity index (χ0) is 25.1.